The predicted molar refractivity (Wildman–Crippen MR) is 169 cm³/mol. The Balaban J connectivity index is 1.29. The largest absolute Gasteiger partial charge is 0.481 e. The fourth-order valence-corrected chi connectivity index (χ4v) is 9.31. The third kappa shape index (κ3) is 6.31. The summed E-state index contributed by atoms with van der Waals surface area (Å²) in [5.41, 5.74) is -4.68. The number of Topliss-reactive ketones (excluding diaryl/α,β-unsaturated/α-hetero) is 1. The van der Waals surface area contributed by atoms with E-state index in [1.165, 1.54) is 0 Å². The molecule has 0 aromatic heterocycles. The van der Waals surface area contributed by atoms with Crippen molar-refractivity contribution < 1.29 is 44.7 Å². The summed E-state index contributed by atoms with van der Waals surface area (Å²) in [5.74, 6) is -4.25. The zero-order valence-electron chi connectivity index (χ0n) is 27.9. The molecule has 1 unspecified atom stereocenters. The number of fused-ring (bicyclic) bond motifs is 5. The van der Waals surface area contributed by atoms with Gasteiger partial charge in [-0.25, -0.2) is 0 Å². The molecule has 4 rings (SSSR count). The number of carboxylic acids is 1. The van der Waals surface area contributed by atoms with E-state index in [1.54, 1.807) is 26.0 Å². The number of carbonyl (C=O) groups is 3. The van der Waals surface area contributed by atoms with Crippen molar-refractivity contribution in [1.29, 1.82) is 0 Å². The Morgan fingerprint density at radius 1 is 1.00 bits per heavy atom. The highest BCUT2D eigenvalue weighted by Crippen LogP contribution is 2.76. The second-order valence-electron chi connectivity index (χ2n) is 15.3. The lowest BCUT2D eigenvalue weighted by Gasteiger charge is -2.52. The summed E-state index contributed by atoms with van der Waals surface area (Å²) in [7, 11) is 0. The van der Waals surface area contributed by atoms with Gasteiger partial charge in [0.15, 0.2) is 5.78 Å². The highest BCUT2D eigenvalue weighted by molar-refractivity contribution is 6.04. The quantitative estimate of drug-likeness (QED) is 0.0907. The van der Waals surface area contributed by atoms with Crippen molar-refractivity contribution in [2.24, 2.45) is 35.0 Å². The van der Waals surface area contributed by atoms with Crippen LogP contribution in [0.2, 0.25) is 0 Å². The molecule has 0 aromatic carbocycles. The monoisotopic (exact) mass is 632 g/mol. The first kappa shape index (κ1) is 35.8. The van der Waals surface area contributed by atoms with Gasteiger partial charge in [-0.2, -0.15) is 0 Å². The molecule has 254 valence electrons. The van der Waals surface area contributed by atoms with Crippen LogP contribution in [0.25, 0.3) is 0 Å². The molecule has 0 radical (unpaired) electrons. The highest BCUT2D eigenvalue weighted by Gasteiger charge is 2.86. The molecule has 0 aliphatic heterocycles. The van der Waals surface area contributed by atoms with Gasteiger partial charge in [0.1, 0.15) is 11.2 Å². The number of ketones is 1. The smallest absolute Gasteiger partial charge is 0.306 e. The van der Waals surface area contributed by atoms with Gasteiger partial charge in [-0.05, 0) is 30.4 Å². The third-order valence-corrected chi connectivity index (χ3v) is 11.9. The fraction of sp³-hybridized carbons (Fsp3) is 0.806. The lowest BCUT2D eigenvalue weighted by Crippen LogP contribution is -2.65. The third-order valence-electron chi connectivity index (χ3n) is 11.9. The van der Waals surface area contributed by atoms with Crippen molar-refractivity contribution in [2.75, 3.05) is 6.61 Å². The minimum absolute atomic E-state index is 0.101. The lowest BCUT2D eigenvalue weighted by atomic mass is 9.59. The molecule has 0 aromatic rings. The number of hydrogen-bond acceptors (Lipinski definition) is 8. The van der Waals surface area contributed by atoms with Gasteiger partial charge >= 0.3 is 11.9 Å². The summed E-state index contributed by atoms with van der Waals surface area (Å²) in [5, 5.41) is 54.8. The molecule has 0 heterocycles. The number of hydrogen-bond donors (Lipinski definition) is 5. The summed E-state index contributed by atoms with van der Waals surface area (Å²) in [6, 6.07) is 0. The molecule has 4 aliphatic carbocycles. The van der Waals surface area contributed by atoms with Gasteiger partial charge in [0.05, 0.1) is 18.3 Å². The summed E-state index contributed by atoms with van der Waals surface area (Å²) in [6.45, 7) is 8.77. The molecule has 9 heteroatoms. The van der Waals surface area contributed by atoms with E-state index >= 15 is 0 Å². The average Bonchev–Trinajstić information content (AvgIpc) is 3.40. The highest BCUT2D eigenvalue weighted by atomic mass is 16.6. The number of aliphatic carboxylic acids is 1. The standard InChI is InChI=1S/C36H56O9/c1-22(17-28(38)39)15-13-11-9-7-6-8-10-12-14-16-29(40)45-36-30(33(36,4)5)26-19-25(21-37)20-34(43)27(18-23(2)31(34)41)35(26,44)24(3)32(36)42/h18-19,22,24,26-27,30,32,37,42-44H,6-17,20-21H2,1-5H3,(H,38,39)/t22?,24-,26+,27-,30+,32-,34-,35-,36-/m1/s1. The van der Waals surface area contributed by atoms with Crippen molar-refractivity contribution in [3.05, 3.63) is 23.3 Å². The first-order valence-electron chi connectivity index (χ1n) is 17.2. The van der Waals surface area contributed by atoms with E-state index in [2.05, 4.69) is 0 Å². The number of aliphatic hydroxyl groups excluding tert-OH is 2. The van der Waals surface area contributed by atoms with Gasteiger partial charge in [-0.15, -0.1) is 0 Å². The maximum absolute atomic E-state index is 13.2. The summed E-state index contributed by atoms with van der Waals surface area (Å²) < 4.78 is 6.18. The Bertz CT molecular complexity index is 1190. The molecule has 0 spiro atoms. The fourth-order valence-electron chi connectivity index (χ4n) is 9.31. The van der Waals surface area contributed by atoms with Crippen LogP contribution in [-0.4, -0.2) is 72.8 Å². The molecular formula is C36H56O9. The van der Waals surface area contributed by atoms with Crippen molar-refractivity contribution in [1.82, 2.24) is 0 Å². The van der Waals surface area contributed by atoms with Crippen LogP contribution < -0.4 is 0 Å². The number of aliphatic hydroxyl groups is 4. The van der Waals surface area contributed by atoms with Crippen molar-refractivity contribution >= 4 is 17.7 Å². The van der Waals surface area contributed by atoms with E-state index in [9.17, 15) is 34.8 Å². The maximum Gasteiger partial charge on any atom is 0.306 e. The van der Waals surface area contributed by atoms with E-state index < -0.39 is 63.7 Å². The van der Waals surface area contributed by atoms with Crippen LogP contribution in [0.15, 0.2) is 23.3 Å². The second-order valence-corrected chi connectivity index (χ2v) is 15.3. The number of ether oxygens (including phenoxy) is 1. The Morgan fingerprint density at radius 2 is 1.58 bits per heavy atom. The van der Waals surface area contributed by atoms with Crippen molar-refractivity contribution in [2.45, 2.75) is 141 Å². The van der Waals surface area contributed by atoms with Crippen LogP contribution >= 0.6 is 0 Å². The Labute approximate surface area is 268 Å². The van der Waals surface area contributed by atoms with Gasteiger partial charge in [-0.3, -0.25) is 14.4 Å². The molecule has 0 saturated heterocycles. The van der Waals surface area contributed by atoms with Gasteiger partial charge in [0, 0.05) is 48.3 Å². The minimum Gasteiger partial charge on any atom is -0.481 e. The average molecular weight is 633 g/mol. The van der Waals surface area contributed by atoms with Crippen LogP contribution in [-0.2, 0) is 19.1 Å². The molecule has 2 saturated carbocycles. The normalized spacial score (nSPS) is 37.0. The van der Waals surface area contributed by atoms with Crippen LogP contribution in [0.4, 0.5) is 0 Å². The summed E-state index contributed by atoms with van der Waals surface area (Å²) in [6.07, 6.45) is 12.9. The number of carbonyl (C=O) groups excluding carboxylic acids is 2. The molecule has 9 nitrogen and oxygen atoms in total. The van der Waals surface area contributed by atoms with Crippen molar-refractivity contribution in [3.8, 4) is 0 Å². The van der Waals surface area contributed by atoms with Gasteiger partial charge in [0.25, 0.3) is 0 Å². The lowest BCUT2D eigenvalue weighted by molar-refractivity contribution is -0.219. The SMILES string of the molecule is CC1=C[C@H]2[C@@]3(O)[C@H](C)[C@@H](O)[C@]4(OC(=O)CCCCCCCCCCCC(C)CC(=O)O)[C@@H]([C@@H]3C=C(CO)C[C@]2(O)C1=O)C4(C)C. The molecule has 45 heavy (non-hydrogen) atoms. The van der Waals surface area contributed by atoms with E-state index in [1.807, 2.05) is 20.8 Å². The molecule has 0 amide bonds. The molecule has 0 bridgehead atoms. The van der Waals surface area contributed by atoms with E-state index in [-0.39, 0.29) is 37.8 Å². The first-order valence-corrected chi connectivity index (χ1v) is 17.2. The number of esters is 1. The van der Waals surface area contributed by atoms with E-state index in [0.717, 1.165) is 57.8 Å². The second kappa shape index (κ2) is 13.6. The minimum atomic E-state index is -1.91. The Hall–Kier alpha value is -2.07. The van der Waals surface area contributed by atoms with Crippen LogP contribution in [0, 0.1) is 35.0 Å². The van der Waals surface area contributed by atoms with Crippen LogP contribution in [0.3, 0.4) is 0 Å². The zero-order chi connectivity index (χ0) is 33.4. The molecular weight excluding hydrogens is 576 g/mol. The zero-order valence-corrected chi connectivity index (χ0v) is 27.9. The Morgan fingerprint density at radius 3 is 2.16 bits per heavy atom. The summed E-state index contributed by atoms with van der Waals surface area (Å²) >= 11 is 0. The summed E-state index contributed by atoms with van der Waals surface area (Å²) in [4.78, 5) is 37.1. The Kier molecular flexibility index (Phi) is 10.8. The van der Waals surface area contributed by atoms with Crippen molar-refractivity contribution in [3.63, 3.8) is 0 Å². The van der Waals surface area contributed by atoms with Crippen LogP contribution in [0.5, 0.6) is 0 Å². The maximum atomic E-state index is 13.2. The van der Waals surface area contributed by atoms with Crippen LogP contribution in [0.1, 0.15) is 118 Å². The van der Waals surface area contributed by atoms with Gasteiger partial charge < -0.3 is 30.3 Å². The number of carboxylic acid groups (broad SMARTS) is 1. The van der Waals surface area contributed by atoms with Gasteiger partial charge in [0.2, 0.25) is 0 Å². The topological polar surface area (TPSA) is 162 Å². The predicted octanol–water partition coefficient (Wildman–Crippen LogP) is 4.88. The number of unbranched alkanes of at least 4 members (excludes halogenated alkanes) is 8. The molecule has 4 aliphatic rings. The van der Waals surface area contributed by atoms with E-state index in [0.29, 0.717) is 17.6 Å². The molecule has 5 N–H and O–H groups in total. The number of rotatable bonds is 16. The first-order chi connectivity index (χ1) is 21.1. The van der Waals surface area contributed by atoms with E-state index in [4.69, 9.17) is 9.84 Å². The van der Waals surface area contributed by atoms with Gasteiger partial charge in [-0.1, -0.05) is 97.6 Å². The molecule has 9 atom stereocenters. The molecule has 2 fully saturated rings.